The van der Waals surface area contributed by atoms with Crippen molar-refractivity contribution in [3.8, 4) is 0 Å². The Bertz CT molecular complexity index is 864. The van der Waals surface area contributed by atoms with E-state index in [0.29, 0.717) is 5.56 Å². The lowest BCUT2D eigenvalue weighted by atomic mass is 9.78. The highest BCUT2D eigenvalue weighted by Gasteiger charge is 2.74. The molecule has 3 fully saturated rings. The molecule has 3 aliphatic rings. The minimum atomic E-state index is -1.30. The number of imide groups is 1. The first kappa shape index (κ1) is 17.7. The van der Waals surface area contributed by atoms with E-state index in [0.717, 1.165) is 10.5 Å². The van der Waals surface area contributed by atoms with Crippen molar-refractivity contribution >= 4 is 23.6 Å². The van der Waals surface area contributed by atoms with Gasteiger partial charge in [0, 0.05) is 26.2 Å². The molecule has 3 unspecified atom stereocenters. The maximum atomic E-state index is 13.4. The van der Waals surface area contributed by atoms with E-state index in [9.17, 15) is 19.2 Å². The third-order valence-corrected chi connectivity index (χ3v) is 6.50. The molecule has 4 rings (SSSR count). The average Bonchev–Trinajstić information content (AvgIpc) is 3.03. The molecule has 0 aromatic heterocycles. The van der Waals surface area contributed by atoms with Gasteiger partial charge in [0.25, 0.3) is 5.91 Å². The number of piperazine rings is 1. The van der Waals surface area contributed by atoms with Crippen molar-refractivity contribution < 1.29 is 19.2 Å². The fourth-order valence-corrected chi connectivity index (χ4v) is 5.17. The summed E-state index contributed by atoms with van der Waals surface area (Å²) in [7, 11) is 3.13. The van der Waals surface area contributed by atoms with Crippen molar-refractivity contribution in [1.82, 2.24) is 14.7 Å². The number of carbonyl (C=O) groups excluding carboxylic acids is 4. The number of aryl methyl sites for hydroxylation is 1. The van der Waals surface area contributed by atoms with E-state index in [-0.39, 0.29) is 36.6 Å². The first-order valence-corrected chi connectivity index (χ1v) is 9.23. The molecule has 7 heteroatoms. The van der Waals surface area contributed by atoms with Crippen LogP contribution in [-0.2, 0) is 14.4 Å². The van der Waals surface area contributed by atoms with Crippen LogP contribution in [-0.4, -0.2) is 70.5 Å². The molecule has 2 bridgehead atoms. The van der Waals surface area contributed by atoms with E-state index >= 15 is 0 Å². The highest BCUT2D eigenvalue weighted by atomic mass is 16.2. The lowest BCUT2D eigenvalue weighted by Gasteiger charge is -2.48. The van der Waals surface area contributed by atoms with Crippen LogP contribution in [0, 0.1) is 18.8 Å². The van der Waals surface area contributed by atoms with Gasteiger partial charge < -0.3 is 9.80 Å². The monoisotopic (exact) mass is 369 g/mol. The highest BCUT2D eigenvalue weighted by molar-refractivity contribution is 6.13. The third-order valence-electron chi connectivity index (χ3n) is 6.50. The zero-order valence-corrected chi connectivity index (χ0v) is 15.9. The number of rotatable bonds is 2. The number of fused-ring (bicyclic) bond motifs is 5. The standard InChI is InChI=1S/C20H23N3O4/c1-5-20-15-14(17(25)22(4)18(15)26)13(10-21(3)19(20)27)23(20)16(24)12-8-6-11(2)7-9-12/h6-9,13-15H,5,10H2,1-4H3/t13?,14?,15?,20-/m1/s1. The van der Waals surface area contributed by atoms with Gasteiger partial charge in [0.2, 0.25) is 17.7 Å². The molecule has 1 aromatic rings. The Balaban J connectivity index is 1.89. The van der Waals surface area contributed by atoms with Gasteiger partial charge in [0.1, 0.15) is 5.54 Å². The fraction of sp³-hybridized carbons (Fsp3) is 0.500. The number of carbonyl (C=O) groups is 4. The van der Waals surface area contributed by atoms with Gasteiger partial charge in [-0.05, 0) is 25.5 Å². The molecule has 1 aromatic carbocycles. The Labute approximate surface area is 157 Å². The second-order valence-corrected chi connectivity index (χ2v) is 7.81. The molecular formula is C20H23N3O4. The summed E-state index contributed by atoms with van der Waals surface area (Å²) < 4.78 is 0. The number of hydrogen-bond donors (Lipinski definition) is 0. The summed E-state index contributed by atoms with van der Waals surface area (Å²) in [5.41, 5.74) is 0.189. The van der Waals surface area contributed by atoms with Crippen molar-refractivity contribution in [2.45, 2.75) is 31.8 Å². The number of hydrogen-bond acceptors (Lipinski definition) is 4. The summed E-state index contributed by atoms with van der Waals surface area (Å²) in [5, 5.41) is 0. The molecule has 4 atom stereocenters. The van der Waals surface area contributed by atoms with Crippen LogP contribution >= 0.6 is 0 Å². The largest absolute Gasteiger partial charge is 0.342 e. The quantitative estimate of drug-likeness (QED) is 0.718. The van der Waals surface area contributed by atoms with Crippen LogP contribution in [0.2, 0.25) is 0 Å². The van der Waals surface area contributed by atoms with Gasteiger partial charge >= 0.3 is 0 Å². The Morgan fingerprint density at radius 2 is 1.74 bits per heavy atom. The van der Waals surface area contributed by atoms with Crippen LogP contribution < -0.4 is 0 Å². The average molecular weight is 369 g/mol. The lowest BCUT2D eigenvalue weighted by molar-refractivity contribution is -0.155. The van der Waals surface area contributed by atoms with E-state index < -0.39 is 23.4 Å². The molecular weight excluding hydrogens is 346 g/mol. The Kier molecular flexibility index (Phi) is 3.70. The topological polar surface area (TPSA) is 78.0 Å². The van der Waals surface area contributed by atoms with Crippen LogP contribution in [0.5, 0.6) is 0 Å². The van der Waals surface area contributed by atoms with Gasteiger partial charge in [0.15, 0.2) is 0 Å². The van der Waals surface area contributed by atoms with E-state index in [2.05, 4.69) is 0 Å². The van der Waals surface area contributed by atoms with Crippen LogP contribution in [0.1, 0.15) is 29.3 Å². The van der Waals surface area contributed by atoms with E-state index in [1.165, 1.54) is 7.05 Å². The van der Waals surface area contributed by atoms with E-state index in [1.54, 1.807) is 29.0 Å². The molecule has 7 nitrogen and oxygen atoms in total. The predicted octanol–water partition coefficient (Wildman–Crippen LogP) is 0.671. The Morgan fingerprint density at radius 3 is 2.33 bits per heavy atom. The van der Waals surface area contributed by atoms with Gasteiger partial charge in [-0.15, -0.1) is 0 Å². The van der Waals surface area contributed by atoms with Crippen molar-refractivity contribution in [1.29, 1.82) is 0 Å². The summed E-state index contributed by atoms with van der Waals surface area (Å²) in [6, 6.07) is 6.66. The maximum Gasteiger partial charge on any atom is 0.255 e. The minimum Gasteiger partial charge on any atom is -0.342 e. The number of likely N-dealkylation sites (tertiary alicyclic amines) is 2. The molecule has 3 heterocycles. The number of likely N-dealkylation sites (N-methyl/N-ethyl adjacent to an activating group) is 1. The lowest BCUT2D eigenvalue weighted by Crippen LogP contribution is -2.68. The Morgan fingerprint density at radius 1 is 1.11 bits per heavy atom. The molecule has 27 heavy (non-hydrogen) atoms. The van der Waals surface area contributed by atoms with E-state index in [1.807, 2.05) is 26.0 Å². The van der Waals surface area contributed by atoms with Gasteiger partial charge in [-0.2, -0.15) is 0 Å². The van der Waals surface area contributed by atoms with Crippen LogP contribution in [0.3, 0.4) is 0 Å². The van der Waals surface area contributed by atoms with E-state index in [4.69, 9.17) is 0 Å². The molecule has 0 spiro atoms. The molecule has 3 saturated heterocycles. The second-order valence-electron chi connectivity index (χ2n) is 7.81. The number of amides is 4. The van der Waals surface area contributed by atoms with Gasteiger partial charge in [-0.3, -0.25) is 24.1 Å². The van der Waals surface area contributed by atoms with Crippen molar-refractivity contribution in [3.05, 3.63) is 35.4 Å². The van der Waals surface area contributed by atoms with Crippen LogP contribution in [0.4, 0.5) is 0 Å². The summed E-state index contributed by atoms with van der Waals surface area (Å²) in [4.78, 5) is 56.7. The molecule has 0 saturated carbocycles. The maximum absolute atomic E-state index is 13.4. The van der Waals surface area contributed by atoms with Gasteiger partial charge in [-0.1, -0.05) is 24.6 Å². The molecule has 0 aliphatic carbocycles. The van der Waals surface area contributed by atoms with Gasteiger partial charge in [0.05, 0.1) is 17.9 Å². The molecule has 3 aliphatic heterocycles. The zero-order chi connectivity index (χ0) is 19.7. The van der Waals surface area contributed by atoms with Crippen molar-refractivity contribution in [3.63, 3.8) is 0 Å². The minimum absolute atomic E-state index is 0.256. The SMILES string of the molecule is CC[C@]12C(=O)N(C)CC(C3C(=O)N(C)C(=O)C31)N2C(=O)c1ccc(C)cc1. The zero-order valence-electron chi connectivity index (χ0n) is 15.9. The number of nitrogens with zero attached hydrogens (tertiary/aromatic N) is 3. The van der Waals surface area contributed by atoms with Crippen LogP contribution in [0.25, 0.3) is 0 Å². The molecule has 142 valence electrons. The molecule has 0 N–H and O–H groups in total. The normalized spacial score (nSPS) is 32.4. The molecule has 0 radical (unpaired) electrons. The number of benzene rings is 1. The third kappa shape index (κ3) is 2.02. The van der Waals surface area contributed by atoms with Crippen LogP contribution in [0.15, 0.2) is 24.3 Å². The van der Waals surface area contributed by atoms with Crippen molar-refractivity contribution in [2.75, 3.05) is 20.6 Å². The summed E-state index contributed by atoms with van der Waals surface area (Å²) in [6.45, 7) is 4.00. The van der Waals surface area contributed by atoms with Crippen molar-refractivity contribution in [2.24, 2.45) is 11.8 Å². The van der Waals surface area contributed by atoms with Gasteiger partial charge in [-0.25, -0.2) is 0 Å². The predicted molar refractivity (Wildman–Crippen MR) is 96.6 cm³/mol. The summed E-state index contributed by atoms with van der Waals surface area (Å²) in [6.07, 6.45) is 0.290. The summed E-state index contributed by atoms with van der Waals surface area (Å²) in [5.74, 6) is -2.68. The first-order chi connectivity index (χ1) is 12.8. The first-order valence-electron chi connectivity index (χ1n) is 9.23. The molecule has 4 amide bonds. The highest BCUT2D eigenvalue weighted by Crippen LogP contribution is 2.53. The second kappa shape index (κ2) is 5.65. The summed E-state index contributed by atoms with van der Waals surface area (Å²) >= 11 is 0. The fourth-order valence-electron chi connectivity index (χ4n) is 5.17. The smallest absolute Gasteiger partial charge is 0.255 e. The Hall–Kier alpha value is -2.70.